The SMILES string of the molecule is c1ccc2c(c1)ncn2C1CC2CCC(C1)N2. The van der Waals surface area contributed by atoms with Crippen LogP contribution in [-0.4, -0.2) is 21.6 Å². The van der Waals surface area contributed by atoms with Crippen molar-refractivity contribution < 1.29 is 0 Å². The maximum atomic E-state index is 4.51. The summed E-state index contributed by atoms with van der Waals surface area (Å²) in [5.74, 6) is 0. The van der Waals surface area contributed by atoms with Crippen LogP contribution in [0.25, 0.3) is 11.0 Å². The second kappa shape index (κ2) is 3.57. The molecule has 4 rings (SSSR count). The molecule has 2 saturated heterocycles. The topological polar surface area (TPSA) is 29.9 Å². The Labute approximate surface area is 101 Å². The van der Waals surface area contributed by atoms with Crippen LogP contribution in [0.4, 0.5) is 0 Å². The van der Waals surface area contributed by atoms with Gasteiger partial charge >= 0.3 is 0 Å². The molecule has 0 aliphatic carbocycles. The number of rotatable bonds is 1. The summed E-state index contributed by atoms with van der Waals surface area (Å²) in [6.45, 7) is 0. The van der Waals surface area contributed by atoms with E-state index >= 15 is 0 Å². The van der Waals surface area contributed by atoms with Gasteiger partial charge < -0.3 is 9.88 Å². The van der Waals surface area contributed by atoms with Gasteiger partial charge in [0.05, 0.1) is 17.4 Å². The number of benzene rings is 1. The number of imidazole rings is 1. The molecule has 2 aromatic rings. The summed E-state index contributed by atoms with van der Waals surface area (Å²) in [6, 6.07) is 10.6. The van der Waals surface area contributed by atoms with Crippen LogP contribution in [0, 0.1) is 0 Å². The number of piperidine rings is 1. The van der Waals surface area contributed by atoms with Gasteiger partial charge in [-0.25, -0.2) is 4.98 Å². The Bertz CT molecular complexity index is 533. The summed E-state index contributed by atoms with van der Waals surface area (Å²) in [7, 11) is 0. The number of nitrogens with zero attached hydrogens (tertiary/aromatic N) is 2. The van der Waals surface area contributed by atoms with Crippen molar-refractivity contribution in [3.05, 3.63) is 30.6 Å². The van der Waals surface area contributed by atoms with Gasteiger partial charge in [0.15, 0.2) is 0 Å². The summed E-state index contributed by atoms with van der Waals surface area (Å²) >= 11 is 0. The van der Waals surface area contributed by atoms with E-state index in [1.165, 1.54) is 31.2 Å². The molecule has 17 heavy (non-hydrogen) atoms. The molecule has 2 unspecified atom stereocenters. The number of hydrogen-bond donors (Lipinski definition) is 1. The molecule has 2 atom stereocenters. The molecule has 3 nitrogen and oxygen atoms in total. The molecule has 3 heterocycles. The number of para-hydroxylation sites is 2. The second-order valence-corrected chi connectivity index (χ2v) is 5.40. The first-order valence-electron chi connectivity index (χ1n) is 6.58. The maximum Gasteiger partial charge on any atom is 0.0960 e. The van der Waals surface area contributed by atoms with E-state index < -0.39 is 0 Å². The van der Waals surface area contributed by atoms with Crippen LogP contribution in [0.1, 0.15) is 31.7 Å². The average molecular weight is 227 g/mol. The first-order valence-corrected chi connectivity index (χ1v) is 6.58. The number of nitrogens with one attached hydrogen (secondary N) is 1. The molecule has 88 valence electrons. The zero-order valence-electron chi connectivity index (χ0n) is 9.84. The molecule has 1 aromatic heterocycles. The van der Waals surface area contributed by atoms with Crippen LogP contribution in [0.5, 0.6) is 0 Å². The molecule has 0 amide bonds. The Morgan fingerprint density at radius 3 is 2.71 bits per heavy atom. The zero-order chi connectivity index (χ0) is 11.2. The predicted octanol–water partition coefficient (Wildman–Crippen LogP) is 2.49. The molecule has 2 fully saturated rings. The smallest absolute Gasteiger partial charge is 0.0960 e. The molecule has 0 saturated carbocycles. The van der Waals surface area contributed by atoms with Gasteiger partial charge in [-0.2, -0.15) is 0 Å². The molecule has 3 heteroatoms. The largest absolute Gasteiger partial charge is 0.327 e. The highest BCUT2D eigenvalue weighted by Gasteiger charge is 2.34. The Balaban J connectivity index is 1.74. The van der Waals surface area contributed by atoms with Gasteiger partial charge in [-0.15, -0.1) is 0 Å². The fourth-order valence-electron chi connectivity index (χ4n) is 3.52. The summed E-state index contributed by atoms with van der Waals surface area (Å²) in [4.78, 5) is 4.51. The lowest BCUT2D eigenvalue weighted by Crippen LogP contribution is -2.38. The van der Waals surface area contributed by atoms with Crippen LogP contribution >= 0.6 is 0 Å². The quantitative estimate of drug-likeness (QED) is 0.811. The van der Waals surface area contributed by atoms with Gasteiger partial charge in [-0.3, -0.25) is 0 Å². The predicted molar refractivity (Wildman–Crippen MR) is 67.9 cm³/mol. The summed E-state index contributed by atoms with van der Waals surface area (Å²) < 4.78 is 2.39. The Morgan fingerprint density at radius 1 is 1.12 bits per heavy atom. The Morgan fingerprint density at radius 2 is 1.88 bits per heavy atom. The van der Waals surface area contributed by atoms with Crippen molar-refractivity contribution in [2.45, 2.75) is 43.8 Å². The van der Waals surface area contributed by atoms with Gasteiger partial charge in [0.1, 0.15) is 0 Å². The molecule has 0 spiro atoms. The van der Waals surface area contributed by atoms with Crippen LogP contribution in [0.2, 0.25) is 0 Å². The van der Waals surface area contributed by atoms with Gasteiger partial charge in [-0.1, -0.05) is 12.1 Å². The summed E-state index contributed by atoms with van der Waals surface area (Å²) in [6.07, 6.45) is 7.26. The number of hydrogen-bond acceptors (Lipinski definition) is 2. The Kier molecular flexibility index (Phi) is 2.03. The van der Waals surface area contributed by atoms with E-state index in [4.69, 9.17) is 0 Å². The summed E-state index contributed by atoms with van der Waals surface area (Å²) in [5, 5.41) is 3.70. The lowest BCUT2D eigenvalue weighted by Gasteiger charge is -2.30. The van der Waals surface area contributed by atoms with Gasteiger partial charge in [0.25, 0.3) is 0 Å². The highest BCUT2D eigenvalue weighted by molar-refractivity contribution is 5.75. The van der Waals surface area contributed by atoms with E-state index in [2.05, 4.69) is 39.1 Å². The monoisotopic (exact) mass is 227 g/mol. The number of aromatic nitrogens is 2. The first kappa shape index (κ1) is 9.66. The maximum absolute atomic E-state index is 4.51. The minimum atomic E-state index is 0.640. The van der Waals surface area contributed by atoms with E-state index in [0.717, 1.165) is 17.6 Å². The number of fused-ring (bicyclic) bond motifs is 3. The van der Waals surface area contributed by atoms with E-state index in [-0.39, 0.29) is 0 Å². The molecule has 2 bridgehead atoms. The van der Waals surface area contributed by atoms with E-state index in [1.807, 2.05) is 6.33 Å². The minimum Gasteiger partial charge on any atom is -0.327 e. The third-order valence-corrected chi connectivity index (χ3v) is 4.32. The van der Waals surface area contributed by atoms with Crippen molar-refractivity contribution in [1.82, 2.24) is 14.9 Å². The normalized spacial score (nSPS) is 32.1. The zero-order valence-corrected chi connectivity index (χ0v) is 9.84. The molecule has 2 aliphatic rings. The molecule has 1 aromatic carbocycles. The second-order valence-electron chi connectivity index (χ2n) is 5.40. The molecular weight excluding hydrogens is 210 g/mol. The average Bonchev–Trinajstić information content (AvgIpc) is 2.93. The molecular formula is C14H17N3. The molecule has 2 aliphatic heterocycles. The highest BCUT2D eigenvalue weighted by atomic mass is 15.1. The van der Waals surface area contributed by atoms with Crippen LogP contribution in [-0.2, 0) is 0 Å². The van der Waals surface area contributed by atoms with Crippen molar-refractivity contribution in [3.63, 3.8) is 0 Å². The van der Waals surface area contributed by atoms with Crippen molar-refractivity contribution in [3.8, 4) is 0 Å². The standard InChI is InChI=1S/C14H17N3/c1-2-4-14-13(3-1)15-9-17(14)12-7-10-5-6-11(8-12)16-10/h1-4,9-12,16H,5-8H2. The lowest BCUT2D eigenvalue weighted by molar-refractivity contribution is 0.303. The van der Waals surface area contributed by atoms with Crippen LogP contribution < -0.4 is 5.32 Å². The van der Waals surface area contributed by atoms with E-state index in [0.29, 0.717) is 6.04 Å². The van der Waals surface area contributed by atoms with Crippen LogP contribution in [0.15, 0.2) is 30.6 Å². The van der Waals surface area contributed by atoms with Gasteiger partial charge in [0.2, 0.25) is 0 Å². The fourth-order valence-corrected chi connectivity index (χ4v) is 3.52. The molecule has 1 N–H and O–H groups in total. The summed E-state index contributed by atoms with van der Waals surface area (Å²) in [5.41, 5.74) is 2.41. The third-order valence-electron chi connectivity index (χ3n) is 4.32. The minimum absolute atomic E-state index is 0.640. The lowest BCUT2D eigenvalue weighted by atomic mass is 9.99. The van der Waals surface area contributed by atoms with Gasteiger partial charge in [-0.05, 0) is 37.8 Å². The van der Waals surface area contributed by atoms with Gasteiger partial charge in [0, 0.05) is 18.1 Å². The van der Waals surface area contributed by atoms with Crippen molar-refractivity contribution in [2.75, 3.05) is 0 Å². The molecule has 0 radical (unpaired) electrons. The first-order chi connectivity index (χ1) is 8.40. The Hall–Kier alpha value is -1.35. The van der Waals surface area contributed by atoms with Crippen molar-refractivity contribution in [1.29, 1.82) is 0 Å². The third kappa shape index (κ3) is 1.49. The highest BCUT2D eigenvalue weighted by Crippen LogP contribution is 2.35. The fraction of sp³-hybridized carbons (Fsp3) is 0.500. The van der Waals surface area contributed by atoms with Crippen molar-refractivity contribution in [2.24, 2.45) is 0 Å². The van der Waals surface area contributed by atoms with Crippen LogP contribution in [0.3, 0.4) is 0 Å². The van der Waals surface area contributed by atoms with Crippen molar-refractivity contribution >= 4 is 11.0 Å². The van der Waals surface area contributed by atoms with E-state index in [1.54, 1.807) is 0 Å². The van der Waals surface area contributed by atoms with E-state index in [9.17, 15) is 0 Å².